The number of rotatable bonds is 3. The summed E-state index contributed by atoms with van der Waals surface area (Å²) in [4.78, 5) is 0. The van der Waals surface area contributed by atoms with Crippen LogP contribution in [0.1, 0.15) is 13.8 Å². The maximum Gasteiger partial charge on any atom is 0.182 e. The molecule has 0 unspecified atom stereocenters. The standard InChI is InChI=1S/C11H14FN5/c1-7(2)6-17-11(14-15-16-17)8-3-9(12)5-10(13)4-8/h3-5,7H,6,13H2,1-2H3. The summed E-state index contributed by atoms with van der Waals surface area (Å²) in [6.45, 7) is 4.80. The monoisotopic (exact) mass is 235 g/mol. The maximum atomic E-state index is 13.3. The van der Waals surface area contributed by atoms with Crippen LogP contribution in [0.15, 0.2) is 18.2 Å². The Labute approximate surface area is 98.4 Å². The highest BCUT2D eigenvalue weighted by Crippen LogP contribution is 2.21. The van der Waals surface area contributed by atoms with Gasteiger partial charge in [-0.1, -0.05) is 13.8 Å². The molecule has 5 nitrogen and oxygen atoms in total. The fourth-order valence-corrected chi connectivity index (χ4v) is 1.62. The highest BCUT2D eigenvalue weighted by Gasteiger charge is 2.11. The van der Waals surface area contributed by atoms with E-state index < -0.39 is 0 Å². The summed E-state index contributed by atoms with van der Waals surface area (Å²) in [5.74, 6) is 0.548. The molecule has 0 bridgehead atoms. The van der Waals surface area contributed by atoms with Crippen LogP contribution in [0, 0.1) is 11.7 Å². The van der Waals surface area contributed by atoms with Crippen LogP contribution < -0.4 is 5.73 Å². The van der Waals surface area contributed by atoms with E-state index >= 15 is 0 Å². The van der Waals surface area contributed by atoms with Gasteiger partial charge in [-0.2, -0.15) is 0 Å². The highest BCUT2D eigenvalue weighted by molar-refractivity contribution is 5.61. The molecule has 2 N–H and O–H groups in total. The van der Waals surface area contributed by atoms with E-state index in [9.17, 15) is 4.39 Å². The molecule has 0 atom stereocenters. The number of hydrogen-bond donors (Lipinski definition) is 1. The van der Waals surface area contributed by atoms with Crippen LogP contribution in [0.5, 0.6) is 0 Å². The second kappa shape index (κ2) is 4.48. The summed E-state index contributed by atoms with van der Waals surface area (Å²) in [6, 6.07) is 4.30. The van der Waals surface area contributed by atoms with Crippen molar-refractivity contribution < 1.29 is 4.39 Å². The Morgan fingerprint density at radius 1 is 1.35 bits per heavy atom. The van der Waals surface area contributed by atoms with E-state index in [1.54, 1.807) is 10.7 Å². The molecular formula is C11H14FN5. The van der Waals surface area contributed by atoms with Crippen LogP contribution in [0.4, 0.5) is 10.1 Å². The summed E-state index contributed by atoms with van der Waals surface area (Å²) in [5.41, 5.74) is 6.55. The van der Waals surface area contributed by atoms with Crippen molar-refractivity contribution in [2.75, 3.05) is 5.73 Å². The Morgan fingerprint density at radius 3 is 2.76 bits per heavy atom. The molecule has 0 fully saturated rings. The van der Waals surface area contributed by atoms with Gasteiger partial charge in [0.15, 0.2) is 5.82 Å². The summed E-state index contributed by atoms with van der Waals surface area (Å²) in [5, 5.41) is 11.4. The molecule has 0 aliphatic heterocycles. The topological polar surface area (TPSA) is 69.6 Å². The van der Waals surface area contributed by atoms with E-state index in [-0.39, 0.29) is 5.82 Å². The van der Waals surface area contributed by atoms with Gasteiger partial charge < -0.3 is 5.73 Å². The zero-order valence-corrected chi connectivity index (χ0v) is 9.76. The fraction of sp³-hybridized carbons (Fsp3) is 0.364. The minimum atomic E-state index is -0.390. The molecule has 2 rings (SSSR count). The van der Waals surface area contributed by atoms with Crippen LogP contribution >= 0.6 is 0 Å². The van der Waals surface area contributed by atoms with Gasteiger partial charge in [-0.05, 0) is 34.5 Å². The first-order valence-electron chi connectivity index (χ1n) is 5.39. The van der Waals surface area contributed by atoms with Gasteiger partial charge in [0, 0.05) is 17.8 Å². The Kier molecular flexibility index (Phi) is 3.03. The average Bonchev–Trinajstić information content (AvgIpc) is 2.63. The van der Waals surface area contributed by atoms with Gasteiger partial charge in [0.05, 0.1) is 0 Å². The lowest BCUT2D eigenvalue weighted by molar-refractivity contribution is 0.475. The summed E-state index contributed by atoms with van der Waals surface area (Å²) in [7, 11) is 0. The highest BCUT2D eigenvalue weighted by atomic mass is 19.1. The molecule has 1 aromatic heterocycles. The van der Waals surface area contributed by atoms with Gasteiger partial charge >= 0.3 is 0 Å². The molecule has 0 amide bonds. The lowest BCUT2D eigenvalue weighted by atomic mass is 10.1. The molecular weight excluding hydrogens is 221 g/mol. The van der Waals surface area contributed by atoms with Crippen molar-refractivity contribution in [2.24, 2.45) is 5.92 Å². The first-order valence-corrected chi connectivity index (χ1v) is 5.39. The van der Waals surface area contributed by atoms with Gasteiger partial charge in [-0.15, -0.1) is 5.10 Å². The minimum absolute atomic E-state index is 0.360. The number of nitrogen functional groups attached to an aromatic ring is 1. The smallest absolute Gasteiger partial charge is 0.182 e. The second-order valence-corrected chi connectivity index (χ2v) is 4.35. The van der Waals surface area contributed by atoms with E-state index in [1.165, 1.54) is 12.1 Å². The van der Waals surface area contributed by atoms with Crippen molar-refractivity contribution in [2.45, 2.75) is 20.4 Å². The third kappa shape index (κ3) is 2.58. The number of halogens is 1. The molecule has 0 spiro atoms. The largest absolute Gasteiger partial charge is 0.399 e. The fourth-order valence-electron chi connectivity index (χ4n) is 1.62. The van der Waals surface area contributed by atoms with Crippen molar-refractivity contribution >= 4 is 5.69 Å². The van der Waals surface area contributed by atoms with Gasteiger partial charge in [0.25, 0.3) is 0 Å². The molecule has 6 heteroatoms. The zero-order chi connectivity index (χ0) is 12.4. The van der Waals surface area contributed by atoms with Crippen LogP contribution in [-0.4, -0.2) is 20.2 Å². The maximum absolute atomic E-state index is 13.3. The van der Waals surface area contributed by atoms with E-state index in [2.05, 4.69) is 29.4 Å². The Balaban J connectivity index is 2.42. The summed E-state index contributed by atoms with van der Waals surface area (Å²) >= 11 is 0. The number of nitrogens with two attached hydrogens (primary N) is 1. The first-order chi connectivity index (χ1) is 8.06. The molecule has 0 saturated carbocycles. The quantitative estimate of drug-likeness (QED) is 0.822. The molecule has 0 aliphatic rings. The van der Waals surface area contributed by atoms with Crippen LogP contribution in [0.25, 0.3) is 11.4 Å². The number of hydrogen-bond acceptors (Lipinski definition) is 4. The van der Waals surface area contributed by atoms with Crippen LogP contribution in [0.2, 0.25) is 0 Å². The lowest BCUT2D eigenvalue weighted by Gasteiger charge is -2.07. The molecule has 0 saturated heterocycles. The van der Waals surface area contributed by atoms with Gasteiger partial charge in [-0.3, -0.25) is 0 Å². The Morgan fingerprint density at radius 2 is 2.12 bits per heavy atom. The average molecular weight is 235 g/mol. The van der Waals surface area contributed by atoms with Crippen molar-refractivity contribution in [1.82, 2.24) is 20.2 Å². The second-order valence-electron chi connectivity index (χ2n) is 4.35. The molecule has 0 radical (unpaired) electrons. The Bertz CT molecular complexity index is 500. The number of benzene rings is 1. The van der Waals surface area contributed by atoms with E-state index in [0.717, 1.165) is 0 Å². The number of nitrogens with zero attached hydrogens (tertiary/aromatic N) is 4. The molecule has 1 heterocycles. The molecule has 1 aromatic carbocycles. The third-order valence-corrected chi connectivity index (χ3v) is 2.25. The van der Waals surface area contributed by atoms with Crippen LogP contribution in [-0.2, 0) is 6.54 Å². The number of aromatic nitrogens is 4. The Hall–Kier alpha value is -1.98. The van der Waals surface area contributed by atoms with Crippen molar-refractivity contribution in [3.8, 4) is 11.4 Å². The van der Waals surface area contributed by atoms with Gasteiger partial charge in [0.2, 0.25) is 0 Å². The molecule has 90 valence electrons. The SMILES string of the molecule is CC(C)Cn1nnnc1-c1cc(N)cc(F)c1. The predicted molar refractivity (Wildman–Crippen MR) is 62.5 cm³/mol. The normalized spacial score (nSPS) is 11.1. The van der Waals surface area contributed by atoms with E-state index in [4.69, 9.17) is 5.73 Å². The molecule has 2 aromatic rings. The minimum Gasteiger partial charge on any atom is -0.399 e. The van der Waals surface area contributed by atoms with E-state index in [1.807, 2.05) is 0 Å². The molecule has 0 aliphatic carbocycles. The molecule has 17 heavy (non-hydrogen) atoms. The zero-order valence-electron chi connectivity index (χ0n) is 9.76. The van der Waals surface area contributed by atoms with Crippen molar-refractivity contribution in [3.05, 3.63) is 24.0 Å². The van der Waals surface area contributed by atoms with E-state index in [0.29, 0.717) is 29.5 Å². The van der Waals surface area contributed by atoms with Crippen molar-refractivity contribution in [1.29, 1.82) is 0 Å². The first kappa shape index (κ1) is 11.5. The van der Waals surface area contributed by atoms with Gasteiger partial charge in [0.1, 0.15) is 5.82 Å². The number of tetrazole rings is 1. The van der Waals surface area contributed by atoms with Crippen molar-refractivity contribution in [3.63, 3.8) is 0 Å². The summed E-state index contributed by atoms with van der Waals surface area (Å²) < 4.78 is 14.9. The van der Waals surface area contributed by atoms with Crippen LogP contribution in [0.3, 0.4) is 0 Å². The summed E-state index contributed by atoms with van der Waals surface area (Å²) in [6.07, 6.45) is 0. The van der Waals surface area contributed by atoms with Gasteiger partial charge in [-0.25, -0.2) is 9.07 Å². The predicted octanol–water partition coefficient (Wildman–Crippen LogP) is 1.72. The number of anilines is 1. The third-order valence-electron chi connectivity index (χ3n) is 2.25. The lowest BCUT2D eigenvalue weighted by Crippen LogP contribution is -2.08.